The van der Waals surface area contributed by atoms with E-state index >= 15 is 0 Å². The molecule has 0 saturated carbocycles. The lowest BCUT2D eigenvalue weighted by molar-refractivity contribution is -0.147. The van der Waals surface area contributed by atoms with Crippen molar-refractivity contribution in [2.75, 3.05) is 12.4 Å². The highest BCUT2D eigenvalue weighted by molar-refractivity contribution is 9.10. The van der Waals surface area contributed by atoms with Crippen LogP contribution >= 0.6 is 50.9 Å². The third-order valence-electron chi connectivity index (χ3n) is 4.46. The molecule has 0 radical (unpaired) electrons. The van der Waals surface area contributed by atoms with Crippen molar-refractivity contribution in [2.45, 2.75) is 16.8 Å². The fourth-order valence-corrected chi connectivity index (χ4v) is 4.80. The van der Waals surface area contributed by atoms with Crippen LogP contribution in [0.1, 0.15) is 11.4 Å². The summed E-state index contributed by atoms with van der Waals surface area (Å²) in [5.41, 5.74) is 0.698. The molecule has 2 unspecified atom stereocenters. The molecule has 146 valence electrons. The van der Waals surface area contributed by atoms with E-state index in [1.807, 2.05) is 36.0 Å². The summed E-state index contributed by atoms with van der Waals surface area (Å²) in [6.45, 7) is 0.440. The van der Waals surface area contributed by atoms with E-state index in [1.165, 1.54) is 4.90 Å². The molecule has 1 saturated heterocycles. The quantitative estimate of drug-likeness (QED) is 0.409. The van der Waals surface area contributed by atoms with Gasteiger partial charge in [-0.15, -0.1) is 11.8 Å². The van der Waals surface area contributed by atoms with Gasteiger partial charge >= 0.3 is 0 Å². The maximum absolute atomic E-state index is 6.51. The number of hydrogen-bond donors (Lipinski definition) is 0. The highest BCUT2D eigenvalue weighted by Crippen LogP contribution is 2.44. The van der Waals surface area contributed by atoms with Crippen LogP contribution in [0.15, 0.2) is 64.2 Å². The Kier molecular flexibility index (Phi) is 6.06. The van der Waals surface area contributed by atoms with Crippen molar-refractivity contribution in [1.82, 2.24) is 9.55 Å². The predicted octanol–water partition coefficient (Wildman–Crippen LogP) is 5.90. The van der Waals surface area contributed by atoms with Gasteiger partial charge < -0.3 is 14.0 Å². The molecule has 0 amide bonds. The van der Waals surface area contributed by atoms with E-state index in [4.69, 9.17) is 32.7 Å². The number of hydrogen-bond acceptors (Lipinski definition) is 4. The van der Waals surface area contributed by atoms with Crippen LogP contribution in [0.4, 0.5) is 0 Å². The van der Waals surface area contributed by atoms with Gasteiger partial charge in [-0.25, -0.2) is 4.98 Å². The first-order valence-electron chi connectivity index (χ1n) is 8.61. The molecular weight excluding hydrogens is 483 g/mol. The van der Waals surface area contributed by atoms with Crippen LogP contribution in [0, 0.1) is 0 Å². The van der Waals surface area contributed by atoms with Crippen molar-refractivity contribution in [1.29, 1.82) is 0 Å². The second-order valence-corrected chi connectivity index (χ2v) is 9.27. The zero-order valence-electron chi connectivity index (χ0n) is 14.9. The Balaban J connectivity index is 1.61. The van der Waals surface area contributed by atoms with Gasteiger partial charge in [0.2, 0.25) is 0 Å². The summed E-state index contributed by atoms with van der Waals surface area (Å²) in [7, 11) is 1.91. The first-order chi connectivity index (χ1) is 13.5. The van der Waals surface area contributed by atoms with Gasteiger partial charge in [0.25, 0.3) is 5.79 Å². The molecular formula is C20H17BrCl2N2O2S. The molecule has 2 atom stereocenters. The average molecular weight is 500 g/mol. The summed E-state index contributed by atoms with van der Waals surface area (Å²) >= 11 is 17.8. The van der Waals surface area contributed by atoms with Crippen molar-refractivity contribution < 1.29 is 9.47 Å². The average Bonchev–Trinajstić information content (AvgIpc) is 3.28. The summed E-state index contributed by atoms with van der Waals surface area (Å²) in [6, 6.07) is 13.5. The molecule has 0 aliphatic carbocycles. The predicted molar refractivity (Wildman–Crippen MR) is 116 cm³/mol. The highest BCUT2D eigenvalue weighted by Gasteiger charge is 2.49. The van der Waals surface area contributed by atoms with E-state index in [-0.39, 0.29) is 6.10 Å². The fourth-order valence-electron chi connectivity index (χ4n) is 3.13. The van der Waals surface area contributed by atoms with Crippen LogP contribution in [0.25, 0.3) is 0 Å². The molecule has 0 spiro atoms. The van der Waals surface area contributed by atoms with E-state index in [0.717, 1.165) is 10.2 Å². The molecule has 2 aromatic carbocycles. The third kappa shape index (κ3) is 3.99. The van der Waals surface area contributed by atoms with E-state index in [0.29, 0.717) is 28.0 Å². The normalized spacial score (nSPS) is 21.9. The Morgan fingerprint density at radius 1 is 1.25 bits per heavy atom. The van der Waals surface area contributed by atoms with Crippen LogP contribution < -0.4 is 0 Å². The number of nitrogens with zero attached hydrogens (tertiary/aromatic N) is 2. The zero-order chi connectivity index (χ0) is 19.7. The summed E-state index contributed by atoms with van der Waals surface area (Å²) in [5, 5.41) is 1.04. The largest absolute Gasteiger partial charge is 0.337 e. The van der Waals surface area contributed by atoms with Crippen LogP contribution in [-0.2, 0) is 22.3 Å². The molecule has 4 nitrogen and oxygen atoms in total. The van der Waals surface area contributed by atoms with Gasteiger partial charge in [0.15, 0.2) is 5.82 Å². The number of thioether (sulfide) groups is 1. The minimum atomic E-state index is -1.16. The maximum atomic E-state index is 6.51. The molecule has 1 fully saturated rings. The van der Waals surface area contributed by atoms with Gasteiger partial charge in [0.05, 0.1) is 17.7 Å². The second kappa shape index (κ2) is 8.38. The molecule has 2 heterocycles. The Hall–Kier alpha value is -1.02. The topological polar surface area (TPSA) is 36.3 Å². The van der Waals surface area contributed by atoms with E-state index in [1.54, 1.807) is 30.1 Å². The third-order valence-corrected chi connectivity index (χ3v) is 6.68. The summed E-state index contributed by atoms with van der Waals surface area (Å²) in [6.07, 6.45) is 3.46. The smallest absolute Gasteiger partial charge is 0.258 e. The van der Waals surface area contributed by atoms with E-state index < -0.39 is 5.79 Å². The van der Waals surface area contributed by atoms with Crippen LogP contribution in [0.3, 0.4) is 0 Å². The lowest BCUT2D eigenvalue weighted by atomic mass is 10.0. The van der Waals surface area contributed by atoms with Crippen LogP contribution in [0.2, 0.25) is 10.0 Å². The van der Waals surface area contributed by atoms with Crippen LogP contribution in [0.5, 0.6) is 0 Å². The minimum Gasteiger partial charge on any atom is -0.337 e. The number of benzene rings is 2. The monoisotopic (exact) mass is 498 g/mol. The molecule has 1 aliphatic heterocycles. The molecule has 3 aromatic rings. The Labute approximate surface area is 186 Å². The fraction of sp³-hybridized carbons (Fsp3) is 0.250. The van der Waals surface area contributed by atoms with Gasteiger partial charge in [-0.1, -0.05) is 45.2 Å². The van der Waals surface area contributed by atoms with Gasteiger partial charge in [0.1, 0.15) is 0 Å². The molecule has 28 heavy (non-hydrogen) atoms. The molecule has 4 rings (SSSR count). The standard InChI is InChI=1S/C20H17BrCl2N2O2S/c1-25-9-8-24-19(25)20(17-7-4-14(22)10-18(17)23)26-11-15(27-20)12-28-16-5-2-13(21)3-6-16/h2-10,15H,11-12H2,1H3. The Morgan fingerprint density at radius 2 is 2.04 bits per heavy atom. The van der Waals surface area contributed by atoms with Crippen molar-refractivity contribution >= 4 is 50.9 Å². The SMILES string of the molecule is Cn1ccnc1C1(c2ccc(Cl)cc2Cl)OCC(CSc2ccc(Br)cc2)O1. The van der Waals surface area contributed by atoms with Gasteiger partial charge in [-0.3, -0.25) is 0 Å². The van der Waals surface area contributed by atoms with Crippen molar-refractivity contribution in [2.24, 2.45) is 7.05 Å². The number of halogens is 3. The summed E-state index contributed by atoms with van der Waals surface area (Å²) in [5.74, 6) is 0.233. The molecule has 0 N–H and O–H groups in total. The number of aromatic nitrogens is 2. The number of ether oxygens (including phenoxy) is 2. The van der Waals surface area contributed by atoms with E-state index in [2.05, 4.69) is 33.0 Å². The van der Waals surface area contributed by atoms with Gasteiger partial charge in [0, 0.05) is 45.1 Å². The second-order valence-electron chi connectivity index (χ2n) is 6.42. The lowest BCUT2D eigenvalue weighted by Gasteiger charge is -2.28. The molecule has 1 aliphatic rings. The minimum absolute atomic E-state index is 0.114. The first kappa shape index (κ1) is 20.3. The van der Waals surface area contributed by atoms with Gasteiger partial charge in [-0.2, -0.15) is 0 Å². The Morgan fingerprint density at radius 3 is 2.71 bits per heavy atom. The highest BCUT2D eigenvalue weighted by atomic mass is 79.9. The lowest BCUT2D eigenvalue weighted by Crippen LogP contribution is -2.33. The summed E-state index contributed by atoms with van der Waals surface area (Å²) < 4.78 is 15.6. The number of imidazole rings is 1. The molecule has 1 aromatic heterocycles. The van der Waals surface area contributed by atoms with Gasteiger partial charge in [-0.05, 0) is 36.4 Å². The first-order valence-corrected chi connectivity index (χ1v) is 11.1. The summed E-state index contributed by atoms with van der Waals surface area (Å²) in [4.78, 5) is 5.65. The van der Waals surface area contributed by atoms with Crippen molar-refractivity contribution in [3.8, 4) is 0 Å². The zero-order valence-corrected chi connectivity index (χ0v) is 18.9. The molecule has 8 heteroatoms. The number of rotatable bonds is 5. The maximum Gasteiger partial charge on any atom is 0.258 e. The Bertz CT molecular complexity index is 983. The van der Waals surface area contributed by atoms with Crippen LogP contribution in [-0.4, -0.2) is 28.0 Å². The van der Waals surface area contributed by atoms with Crippen molar-refractivity contribution in [3.63, 3.8) is 0 Å². The molecule has 0 bridgehead atoms. The number of aryl methyl sites for hydroxylation is 1. The van der Waals surface area contributed by atoms with E-state index in [9.17, 15) is 0 Å². The van der Waals surface area contributed by atoms with Crippen molar-refractivity contribution in [3.05, 3.63) is 80.8 Å².